The second kappa shape index (κ2) is 17.0. The number of phenols is 1. The summed E-state index contributed by atoms with van der Waals surface area (Å²) in [6.45, 7) is 10.8. The highest BCUT2D eigenvalue weighted by atomic mass is 16.7. The van der Waals surface area contributed by atoms with Crippen LogP contribution in [0.3, 0.4) is 0 Å². The molecule has 5 rings (SSSR count). The minimum atomic E-state index is -1.34. The number of hydrogen-bond donors (Lipinski definition) is 4. The number of aliphatic hydroxyl groups is 3. The zero-order chi connectivity index (χ0) is 35.9. The van der Waals surface area contributed by atoms with Crippen molar-refractivity contribution in [2.24, 2.45) is 28.8 Å². The number of carbonyl (C=O) groups is 1. The molecule has 11 heteroatoms. The predicted octanol–water partition coefficient (Wildman–Crippen LogP) is 5.07. The van der Waals surface area contributed by atoms with E-state index in [1.807, 2.05) is 25.7 Å². The maximum absolute atomic E-state index is 14.3. The van der Waals surface area contributed by atoms with Gasteiger partial charge in [0.25, 0.3) is 0 Å². The smallest absolute Gasteiger partial charge is 0.239 e. The van der Waals surface area contributed by atoms with E-state index in [1.54, 1.807) is 24.3 Å². The molecule has 50 heavy (non-hydrogen) atoms. The van der Waals surface area contributed by atoms with E-state index in [-0.39, 0.29) is 81.5 Å². The Morgan fingerprint density at radius 1 is 1.08 bits per heavy atom. The Morgan fingerprint density at radius 3 is 2.48 bits per heavy atom. The summed E-state index contributed by atoms with van der Waals surface area (Å²) in [7, 11) is 0. The summed E-state index contributed by atoms with van der Waals surface area (Å²) in [6.07, 6.45) is 10.6. The molecule has 11 nitrogen and oxygen atoms in total. The molecule has 0 unspecified atom stereocenters. The van der Waals surface area contributed by atoms with Crippen LogP contribution in [0.25, 0.3) is 0 Å². The topological polar surface area (TPSA) is 151 Å². The quantitative estimate of drug-likeness (QED) is 0.0882. The summed E-state index contributed by atoms with van der Waals surface area (Å²) in [5.41, 5.74) is 2.00. The van der Waals surface area contributed by atoms with E-state index in [2.05, 4.69) is 12.7 Å². The maximum atomic E-state index is 14.3. The van der Waals surface area contributed by atoms with Gasteiger partial charge in [0.1, 0.15) is 23.1 Å². The third-order valence-electron chi connectivity index (χ3n) is 10.4. The Balaban J connectivity index is 1.75. The molecule has 1 aromatic carbocycles. The number of amides is 1. The van der Waals surface area contributed by atoms with Crippen molar-refractivity contribution in [3.05, 3.63) is 48.1 Å². The molecule has 0 bridgehead atoms. The molecule has 0 saturated heterocycles. The molecule has 278 valence electrons. The lowest BCUT2D eigenvalue weighted by molar-refractivity contribution is -0.258. The number of aliphatic hydroxyl groups excluding tert-OH is 3. The summed E-state index contributed by atoms with van der Waals surface area (Å²) in [4.78, 5) is 22.3. The Bertz CT molecular complexity index is 1370. The first-order valence-corrected chi connectivity index (χ1v) is 18.5. The molecule has 6 atom stereocenters. The van der Waals surface area contributed by atoms with Gasteiger partial charge in [0.05, 0.1) is 38.1 Å². The zero-order valence-corrected chi connectivity index (χ0v) is 30.1. The molecule has 0 radical (unpaired) electrons. The average Bonchev–Trinajstić information content (AvgIpc) is 3.94. The highest BCUT2D eigenvalue weighted by molar-refractivity contribution is 6.03. The van der Waals surface area contributed by atoms with Crippen molar-refractivity contribution in [2.45, 2.75) is 102 Å². The number of carbonyl (C=O) groups excluding carboxylic acids is 1. The summed E-state index contributed by atoms with van der Waals surface area (Å²) in [5, 5.41) is 44.6. The van der Waals surface area contributed by atoms with E-state index in [9.17, 15) is 25.2 Å². The van der Waals surface area contributed by atoms with E-state index in [4.69, 9.17) is 24.2 Å². The van der Waals surface area contributed by atoms with Crippen LogP contribution >= 0.6 is 0 Å². The van der Waals surface area contributed by atoms with E-state index in [1.165, 1.54) is 0 Å². The standard InChI is InChI=1S/C39H58N2O9/c1-5-20-48-39-34(41(16-21-47-22-19-44)37(46)26-12-13-26)25-32(40-50-38(2,3)4)30-23-27(10-6-8-17-42)29(11-7-9-18-43)35(36(30)39)31-24-28(45)14-15-33(31)49-39/h5,14-15,23-24,26-27,29,34-36,42-45H,1,6-13,16-22,25H2,2-4H3/t27-,29+,34-,35+,36+,39+/m0/s1. The number of hydrogen-bond acceptors (Lipinski definition) is 10. The fourth-order valence-electron chi connectivity index (χ4n) is 8.16. The Hall–Kier alpha value is -2.96. The number of allylic oxidation sites excluding steroid dienone is 1. The van der Waals surface area contributed by atoms with Gasteiger partial charge in [-0.05, 0) is 94.9 Å². The van der Waals surface area contributed by atoms with Gasteiger partial charge < -0.3 is 44.4 Å². The number of aromatic hydroxyl groups is 1. The minimum Gasteiger partial charge on any atom is -0.508 e. The average molecular weight is 699 g/mol. The van der Waals surface area contributed by atoms with Gasteiger partial charge >= 0.3 is 0 Å². The fourth-order valence-corrected chi connectivity index (χ4v) is 8.16. The molecular weight excluding hydrogens is 640 g/mol. The largest absolute Gasteiger partial charge is 0.508 e. The van der Waals surface area contributed by atoms with Crippen molar-refractivity contribution in [1.82, 2.24) is 4.90 Å². The molecule has 4 aliphatic rings. The second-order valence-electron chi connectivity index (χ2n) is 15.1. The van der Waals surface area contributed by atoms with Crippen LogP contribution in [0.1, 0.15) is 90.0 Å². The molecule has 2 saturated carbocycles. The molecule has 1 aliphatic heterocycles. The van der Waals surface area contributed by atoms with Crippen molar-refractivity contribution in [2.75, 3.05) is 46.2 Å². The van der Waals surface area contributed by atoms with E-state index in [0.29, 0.717) is 25.0 Å². The minimum absolute atomic E-state index is 0.0153. The first-order valence-electron chi connectivity index (χ1n) is 18.5. The highest BCUT2D eigenvalue weighted by Crippen LogP contribution is 2.62. The summed E-state index contributed by atoms with van der Waals surface area (Å²) >= 11 is 0. The van der Waals surface area contributed by atoms with Gasteiger partial charge in [-0.15, -0.1) is 6.58 Å². The van der Waals surface area contributed by atoms with Gasteiger partial charge in [0, 0.05) is 43.6 Å². The Labute approximate surface area is 296 Å². The van der Waals surface area contributed by atoms with E-state index < -0.39 is 23.3 Å². The van der Waals surface area contributed by atoms with Crippen LogP contribution in [0.5, 0.6) is 11.5 Å². The number of phenolic OH excluding ortho intramolecular Hbond substituents is 1. The van der Waals surface area contributed by atoms with Gasteiger partial charge in [-0.2, -0.15) is 0 Å². The van der Waals surface area contributed by atoms with Crippen molar-refractivity contribution in [3.8, 4) is 11.5 Å². The lowest BCUT2D eigenvalue weighted by Crippen LogP contribution is -2.70. The molecule has 4 N–H and O–H groups in total. The first kappa shape index (κ1) is 38.3. The van der Waals surface area contributed by atoms with Crippen LogP contribution in [0.4, 0.5) is 0 Å². The number of ether oxygens (including phenoxy) is 3. The maximum Gasteiger partial charge on any atom is 0.239 e. The molecule has 3 aliphatic carbocycles. The van der Waals surface area contributed by atoms with Crippen LogP contribution in [-0.4, -0.2) is 101 Å². The summed E-state index contributed by atoms with van der Waals surface area (Å²) in [5.74, 6) is -1.13. The lowest BCUT2D eigenvalue weighted by Gasteiger charge is -2.60. The molecule has 1 amide bonds. The Kier molecular flexibility index (Phi) is 13.0. The SMILES string of the molecule is C=CCO[C@@]12Oc3ccc(O)cc3[C@H]3[C@H](CCCCO)[C@@H](CCCCO)C=C(C(=NOC(C)(C)C)C[C@@H]1N(CCOCCO)C(=O)C1CC1)[C@H]32. The fraction of sp³-hybridized carbons (Fsp3) is 0.692. The molecule has 2 fully saturated rings. The van der Waals surface area contributed by atoms with Crippen molar-refractivity contribution >= 4 is 11.6 Å². The Morgan fingerprint density at radius 2 is 1.82 bits per heavy atom. The normalized spacial score (nSPS) is 27.9. The number of rotatable bonds is 19. The van der Waals surface area contributed by atoms with Crippen molar-refractivity contribution in [3.63, 3.8) is 0 Å². The number of benzene rings is 1. The predicted molar refractivity (Wildman–Crippen MR) is 190 cm³/mol. The van der Waals surface area contributed by atoms with Gasteiger partial charge in [0.2, 0.25) is 11.7 Å². The first-order chi connectivity index (χ1) is 24.1. The molecule has 1 aromatic rings. The van der Waals surface area contributed by atoms with E-state index >= 15 is 0 Å². The second-order valence-corrected chi connectivity index (χ2v) is 15.1. The number of nitrogens with zero attached hydrogens (tertiary/aromatic N) is 2. The summed E-state index contributed by atoms with van der Waals surface area (Å²) < 4.78 is 19.8. The van der Waals surface area contributed by atoms with E-state index in [0.717, 1.165) is 55.4 Å². The number of fused-ring (bicyclic) bond motifs is 2. The summed E-state index contributed by atoms with van der Waals surface area (Å²) in [6, 6.07) is 4.60. The van der Waals surface area contributed by atoms with Crippen LogP contribution < -0.4 is 4.74 Å². The lowest BCUT2D eigenvalue weighted by atomic mass is 9.55. The van der Waals surface area contributed by atoms with Crippen LogP contribution in [0.15, 0.2) is 47.7 Å². The van der Waals surface area contributed by atoms with Crippen LogP contribution in [0, 0.1) is 23.7 Å². The van der Waals surface area contributed by atoms with Crippen molar-refractivity contribution < 1.29 is 44.3 Å². The molecule has 0 aromatic heterocycles. The third kappa shape index (κ3) is 8.56. The van der Waals surface area contributed by atoms with Gasteiger partial charge in [-0.25, -0.2) is 0 Å². The molecule has 0 spiro atoms. The number of unbranched alkanes of at least 4 members (excludes halogenated alkanes) is 2. The van der Waals surface area contributed by atoms with Crippen LogP contribution in [0.2, 0.25) is 0 Å². The van der Waals surface area contributed by atoms with Gasteiger partial charge in [-0.1, -0.05) is 30.1 Å². The monoisotopic (exact) mass is 698 g/mol. The van der Waals surface area contributed by atoms with Gasteiger partial charge in [-0.3, -0.25) is 4.79 Å². The van der Waals surface area contributed by atoms with Crippen LogP contribution in [-0.2, 0) is 19.1 Å². The van der Waals surface area contributed by atoms with Gasteiger partial charge in [0.15, 0.2) is 0 Å². The molecular formula is C39H58N2O9. The zero-order valence-electron chi connectivity index (χ0n) is 30.1. The van der Waals surface area contributed by atoms with Crippen molar-refractivity contribution in [1.29, 1.82) is 0 Å². The third-order valence-corrected chi connectivity index (χ3v) is 10.4. The highest BCUT2D eigenvalue weighted by Gasteiger charge is 2.65. The molecule has 1 heterocycles. The number of oxime groups is 1.